The maximum Gasteiger partial charge on any atom is 0.401 e. The quantitative estimate of drug-likeness (QED) is 0.821. The van der Waals surface area contributed by atoms with E-state index in [1.54, 1.807) is 6.92 Å². The van der Waals surface area contributed by atoms with Crippen LogP contribution in [0.2, 0.25) is 0 Å². The van der Waals surface area contributed by atoms with Gasteiger partial charge in [-0.3, -0.25) is 4.90 Å². The number of rotatable bonds is 7. The molecule has 0 aliphatic heterocycles. The topological polar surface area (TPSA) is 15.3 Å². The van der Waals surface area contributed by atoms with Gasteiger partial charge in [0.25, 0.3) is 0 Å². The highest BCUT2D eigenvalue weighted by Gasteiger charge is 2.30. The fourth-order valence-corrected chi connectivity index (χ4v) is 2.08. The van der Waals surface area contributed by atoms with Crippen LogP contribution in [0.4, 0.5) is 13.2 Å². The number of nitrogens with one attached hydrogen (secondary N) is 1. The zero-order valence-electron chi connectivity index (χ0n) is 11.4. The van der Waals surface area contributed by atoms with Crippen LogP contribution in [-0.4, -0.2) is 37.8 Å². The summed E-state index contributed by atoms with van der Waals surface area (Å²) in [5.74, 6) is 0. The van der Waals surface area contributed by atoms with E-state index >= 15 is 0 Å². The van der Waals surface area contributed by atoms with E-state index in [2.05, 4.69) is 5.32 Å². The molecule has 2 nitrogen and oxygen atoms in total. The molecule has 0 aliphatic rings. The third-order valence-electron chi connectivity index (χ3n) is 3.13. The lowest BCUT2D eigenvalue weighted by atomic mass is 10.0. The standard InChI is InChI=1S/C14H21F3N2/c1-3-19(11-14(15,16)17)10-9-13(18-2)12-7-5-4-6-8-12/h4-8,13,18H,3,9-11H2,1-2H3. The molecule has 0 bridgehead atoms. The Bertz CT molecular complexity index is 351. The Balaban J connectivity index is 2.53. The molecule has 0 aromatic heterocycles. The first kappa shape index (κ1) is 16.0. The van der Waals surface area contributed by atoms with Crippen LogP contribution in [-0.2, 0) is 0 Å². The van der Waals surface area contributed by atoms with Gasteiger partial charge in [0.2, 0.25) is 0 Å². The molecule has 5 heteroatoms. The molecular weight excluding hydrogens is 253 g/mol. The van der Waals surface area contributed by atoms with Crippen molar-refractivity contribution in [1.29, 1.82) is 0 Å². The van der Waals surface area contributed by atoms with Gasteiger partial charge in [0.1, 0.15) is 0 Å². The summed E-state index contributed by atoms with van der Waals surface area (Å²) in [5, 5.41) is 3.15. The number of nitrogens with zero attached hydrogens (tertiary/aromatic N) is 1. The van der Waals surface area contributed by atoms with Crippen molar-refractivity contribution >= 4 is 0 Å². The molecule has 0 saturated carbocycles. The van der Waals surface area contributed by atoms with Crippen LogP contribution in [0.5, 0.6) is 0 Å². The SMILES string of the molecule is CCN(CCC(NC)c1ccccc1)CC(F)(F)F. The van der Waals surface area contributed by atoms with E-state index in [9.17, 15) is 13.2 Å². The molecule has 1 aromatic rings. The number of hydrogen-bond donors (Lipinski definition) is 1. The third kappa shape index (κ3) is 6.07. The van der Waals surface area contributed by atoms with E-state index in [1.807, 2.05) is 37.4 Å². The van der Waals surface area contributed by atoms with Crippen molar-refractivity contribution in [3.05, 3.63) is 35.9 Å². The molecule has 1 N–H and O–H groups in total. The normalized spacial score (nSPS) is 13.8. The number of benzene rings is 1. The molecule has 19 heavy (non-hydrogen) atoms. The predicted molar refractivity (Wildman–Crippen MR) is 71.0 cm³/mol. The monoisotopic (exact) mass is 274 g/mol. The van der Waals surface area contributed by atoms with E-state index in [4.69, 9.17) is 0 Å². The Morgan fingerprint density at radius 3 is 2.32 bits per heavy atom. The summed E-state index contributed by atoms with van der Waals surface area (Å²) in [7, 11) is 1.83. The van der Waals surface area contributed by atoms with Crippen LogP contribution >= 0.6 is 0 Å². The van der Waals surface area contributed by atoms with E-state index in [-0.39, 0.29) is 6.04 Å². The molecular formula is C14H21F3N2. The fraction of sp³-hybridized carbons (Fsp3) is 0.571. The highest BCUT2D eigenvalue weighted by molar-refractivity contribution is 5.18. The van der Waals surface area contributed by atoms with Crippen molar-refractivity contribution in [2.24, 2.45) is 0 Å². The van der Waals surface area contributed by atoms with Crippen LogP contribution in [0.1, 0.15) is 24.9 Å². The van der Waals surface area contributed by atoms with E-state index in [0.29, 0.717) is 19.5 Å². The number of alkyl halides is 3. The first-order chi connectivity index (χ1) is 8.96. The van der Waals surface area contributed by atoms with Gasteiger partial charge >= 0.3 is 6.18 Å². The van der Waals surface area contributed by atoms with Gasteiger partial charge in [-0.05, 0) is 25.6 Å². The lowest BCUT2D eigenvalue weighted by Crippen LogP contribution is -2.36. The Kier molecular flexibility index (Phi) is 6.31. The summed E-state index contributed by atoms with van der Waals surface area (Å²) < 4.78 is 37.1. The Labute approximate surface area is 112 Å². The minimum Gasteiger partial charge on any atom is -0.313 e. The van der Waals surface area contributed by atoms with Crippen molar-refractivity contribution in [3.63, 3.8) is 0 Å². The summed E-state index contributed by atoms with van der Waals surface area (Å²) in [4.78, 5) is 1.42. The predicted octanol–water partition coefficient (Wildman–Crippen LogP) is 3.22. The maximum atomic E-state index is 12.4. The van der Waals surface area contributed by atoms with E-state index in [0.717, 1.165) is 5.56 Å². The third-order valence-corrected chi connectivity index (χ3v) is 3.13. The molecule has 0 heterocycles. The zero-order valence-corrected chi connectivity index (χ0v) is 11.4. The number of halogens is 3. The molecule has 0 amide bonds. The van der Waals surface area contributed by atoms with Gasteiger partial charge < -0.3 is 5.32 Å². The van der Waals surface area contributed by atoms with Crippen molar-refractivity contribution in [1.82, 2.24) is 10.2 Å². The van der Waals surface area contributed by atoms with Crippen LogP contribution in [0, 0.1) is 0 Å². The highest BCUT2D eigenvalue weighted by Crippen LogP contribution is 2.19. The first-order valence-corrected chi connectivity index (χ1v) is 6.47. The summed E-state index contributed by atoms with van der Waals surface area (Å²) >= 11 is 0. The Morgan fingerprint density at radius 1 is 1.21 bits per heavy atom. The zero-order chi connectivity index (χ0) is 14.3. The molecule has 1 unspecified atom stereocenters. The fourth-order valence-electron chi connectivity index (χ4n) is 2.08. The average Bonchev–Trinajstić information content (AvgIpc) is 2.38. The van der Waals surface area contributed by atoms with Crippen LogP contribution < -0.4 is 5.32 Å². The summed E-state index contributed by atoms with van der Waals surface area (Å²) in [6.45, 7) is 1.75. The van der Waals surface area contributed by atoms with Gasteiger partial charge in [-0.1, -0.05) is 37.3 Å². The van der Waals surface area contributed by atoms with Crippen molar-refractivity contribution < 1.29 is 13.2 Å². The molecule has 1 aromatic carbocycles. The van der Waals surface area contributed by atoms with Crippen molar-refractivity contribution in [3.8, 4) is 0 Å². The van der Waals surface area contributed by atoms with Gasteiger partial charge in [0.15, 0.2) is 0 Å². The summed E-state index contributed by atoms with van der Waals surface area (Å²) in [6.07, 6.45) is -3.47. The molecule has 0 saturated heterocycles. The Morgan fingerprint density at radius 2 is 1.84 bits per heavy atom. The highest BCUT2D eigenvalue weighted by atomic mass is 19.4. The second kappa shape index (κ2) is 7.50. The maximum absolute atomic E-state index is 12.4. The average molecular weight is 274 g/mol. The molecule has 0 spiro atoms. The summed E-state index contributed by atoms with van der Waals surface area (Å²) in [5.41, 5.74) is 1.10. The minimum absolute atomic E-state index is 0.0866. The largest absolute Gasteiger partial charge is 0.401 e. The van der Waals surface area contributed by atoms with Crippen LogP contribution in [0.3, 0.4) is 0 Å². The molecule has 0 fully saturated rings. The van der Waals surface area contributed by atoms with Crippen LogP contribution in [0.25, 0.3) is 0 Å². The smallest absolute Gasteiger partial charge is 0.313 e. The van der Waals surface area contributed by atoms with Crippen molar-refractivity contribution in [2.45, 2.75) is 25.6 Å². The second-order valence-electron chi connectivity index (χ2n) is 4.52. The van der Waals surface area contributed by atoms with Gasteiger partial charge in [-0.25, -0.2) is 0 Å². The first-order valence-electron chi connectivity index (χ1n) is 6.47. The van der Waals surface area contributed by atoms with Gasteiger partial charge in [0, 0.05) is 12.6 Å². The van der Waals surface area contributed by atoms with Crippen LogP contribution in [0.15, 0.2) is 30.3 Å². The summed E-state index contributed by atoms with van der Waals surface area (Å²) in [6, 6.07) is 9.86. The number of hydrogen-bond acceptors (Lipinski definition) is 2. The second-order valence-corrected chi connectivity index (χ2v) is 4.52. The molecule has 0 aliphatic carbocycles. The lowest BCUT2D eigenvalue weighted by molar-refractivity contribution is -0.145. The molecule has 0 radical (unpaired) electrons. The minimum atomic E-state index is -4.13. The van der Waals surface area contributed by atoms with Crippen molar-refractivity contribution in [2.75, 3.05) is 26.7 Å². The van der Waals surface area contributed by atoms with E-state index in [1.165, 1.54) is 4.90 Å². The van der Waals surface area contributed by atoms with Gasteiger partial charge in [-0.15, -0.1) is 0 Å². The Hall–Kier alpha value is -1.07. The van der Waals surface area contributed by atoms with E-state index < -0.39 is 12.7 Å². The van der Waals surface area contributed by atoms with Gasteiger partial charge in [0.05, 0.1) is 6.54 Å². The molecule has 1 atom stereocenters. The molecule has 108 valence electrons. The van der Waals surface area contributed by atoms with Gasteiger partial charge in [-0.2, -0.15) is 13.2 Å². The molecule has 1 rings (SSSR count). The lowest BCUT2D eigenvalue weighted by Gasteiger charge is -2.25.